The number of ether oxygens (including phenoxy) is 1. The number of nitrogens with one attached hydrogen (secondary N) is 1. The van der Waals surface area contributed by atoms with E-state index in [1.807, 2.05) is 20.8 Å². The van der Waals surface area contributed by atoms with Crippen LogP contribution >= 0.6 is 0 Å². The van der Waals surface area contributed by atoms with Crippen LogP contribution < -0.4 is 5.56 Å². The summed E-state index contributed by atoms with van der Waals surface area (Å²) in [7, 11) is -3.91. The number of carbonyl (C=O) groups excluding carboxylic acids is 1. The van der Waals surface area contributed by atoms with E-state index in [1.54, 1.807) is 40.8 Å². The van der Waals surface area contributed by atoms with Gasteiger partial charge < -0.3 is 19.2 Å². The molecule has 10 nitrogen and oxygen atoms in total. The molecule has 1 saturated heterocycles. The topological polar surface area (TPSA) is 127 Å². The van der Waals surface area contributed by atoms with E-state index in [1.165, 1.54) is 18.3 Å². The summed E-state index contributed by atoms with van der Waals surface area (Å²) >= 11 is 0. The summed E-state index contributed by atoms with van der Waals surface area (Å²) in [5.41, 5.74) is 0.616. The van der Waals surface area contributed by atoms with Gasteiger partial charge in [0, 0.05) is 25.3 Å². The number of hydrogen-bond acceptors (Lipinski definition) is 7. The average Bonchev–Trinajstić information content (AvgIpc) is 3.30. The van der Waals surface area contributed by atoms with Gasteiger partial charge in [0.25, 0.3) is 5.56 Å². The first kappa shape index (κ1) is 24.9. The maximum Gasteiger partial charge on any atom is 0.410 e. The molecule has 0 saturated carbocycles. The minimum Gasteiger partial charge on any atom is -0.444 e. The van der Waals surface area contributed by atoms with Gasteiger partial charge in [0.05, 0.1) is 22.0 Å². The molecule has 1 fully saturated rings. The first-order valence-electron chi connectivity index (χ1n) is 12.1. The maximum absolute atomic E-state index is 13.6. The van der Waals surface area contributed by atoms with Crippen LogP contribution in [0.15, 0.2) is 57.3 Å². The Labute approximate surface area is 214 Å². The molecular formula is C26H29N5O5S. The Hall–Kier alpha value is -3.73. The predicted molar refractivity (Wildman–Crippen MR) is 138 cm³/mol. The van der Waals surface area contributed by atoms with Crippen molar-refractivity contribution in [2.45, 2.75) is 62.0 Å². The van der Waals surface area contributed by atoms with Crippen molar-refractivity contribution in [1.82, 2.24) is 24.4 Å². The normalized spacial score (nSPS) is 15.4. The number of amides is 1. The van der Waals surface area contributed by atoms with E-state index >= 15 is 0 Å². The lowest BCUT2D eigenvalue weighted by Gasteiger charge is -2.34. The Balaban J connectivity index is 1.64. The molecule has 0 aliphatic carbocycles. The van der Waals surface area contributed by atoms with Gasteiger partial charge in [-0.05, 0) is 52.7 Å². The minimum atomic E-state index is -3.91. The number of sulfone groups is 1. The molecule has 1 aliphatic heterocycles. The molecule has 11 heteroatoms. The number of rotatable bonds is 3. The van der Waals surface area contributed by atoms with Crippen molar-refractivity contribution in [3.63, 3.8) is 0 Å². The van der Waals surface area contributed by atoms with E-state index in [2.05, 4.69) is 15.0 Å². The van der Waals surface area contributed by atoms with Crippen molar-refractivity contribution in [2.24, 2.45) is 0 Å². The molecule has 194 valence electrons. The lowest BCUT2D eigenvalue weighted by molar-refractivity contribution is 0.0188. The van der Waals surface area contributed by atoms with Crippen molar-refractivity contribution < 1.29 is 17.9 Å². The Morgan fingerprint density at radius 3 is 2.46 bits per heavy atom. The number of nitrogens with zero attached hydrogens (tertiary/aromatic N) is 4. The fourth-order valence-corrected chi connectivity index (χ4v) is 6.24. The van der Waals surface area contributed by atoms with E-state index in [0.29, 0.717) is 53.7 Å². The van der Waals surface area contributed by atoms with Crippen LogP contribution in [0.4, 0.5) is 4.79 Å². The average molecular weight is 524 g/mol. The predicted octanol–water partition coefficient (Wildman–Crippen LogP) is 3.99. The van der Waals surface area contributed by atoms with Crippen molar-refractivity contribution in [1.29, 1.82) is 0 Å². The summed E-state index contributed by atoms with van der Waals surface area (Å²) < 4.78 is 34.4. The van der Waals surface area contributed by atoms with Crippen LogP contribution in [-0.2, 0) is 14.6 Å². The molecule has 0 atom stereocenters. The van der Waals surface area contributed by atoms with E-state index in [9.17, 15) is 18.0 Å². The number of benzene rings is 1. The van der Waals surface area contributed by atoms with Gasteiger partial charge >= 0.3 is 6.09 Å². The highest BCUT2D eigenvalue weighted by molar-refractivity contribution is 7.91. The van der Waals surface area contributed by atoms with Gasteiger partial charge in [0.15, 0.2) is 0 Å². The fourth-order valence-electron chi connectivity index (χ4n) is 4.79. The molecule has 0 spiro atoms. The maximum atomic E-state index is 13.6. The summed E-state index contributed by atoms with van der Waals surface area (Å²) in [6, 6.07) is 7.89. The molecule has 1 aliphatic rings. The van der Waals surface area contributed by atoms with Crippen LogP contribution in [0, 0.1) is 6.92 Å². The molecular weight excluding hydrogens is 494 g/mol. The molecule has 1 N–H and O–H groups in total. The fraction of sp³-hybridized carbons (Fsp3) is 0.385. The molecule has 0 unspecified atom stereocenters. The SMILES string of the molecule is Cc1nc2cnc3[nH]cc(S(=O)(=O)c4ccccc4)c3c2n(C2CCN(C(=O)OC(C)(C)C)CC2)c1=O. The number of H-pyrrole nitrogens is 1. The monoisotopic (exact) mass is 523 g/mol. The Bertz CT molecular complexity index is 1660. The van der Waals surface area contributed by atoms with Gasteiger partial charge in [-0.25, -0.2) is 23.2 Å². The van der Waals surface area contributed by atoms with Crippen LogP contribution in [0.3, 0.4) is 0 Å². The smallest absolute Gasteiger partial charge is 0.410 e. The zero-order valence-electron chi connectivity index (χ0n) is 21.2. The van der Waals surface area contributed by atoms with Crippen molar-refractivity contribution in [2.75, 3.05) is 13.1 Å². The van der Waals surface area contributed by atoms with Crippen LogP contribution in [0.2, 0.25) is 0 Å². The summed E-state index contributed by atoms with van der Waals surface area (Å²) in [6.07, 6.45) is 3.59. The van der Waals surface area contributed by atoms with Gasteiger partial charge in [-0.15, -0.1) is 0 Å². The number of fused-ring (bicyclic) bond motifs is 3. The highest BCUT2D eigenvalue weighted by atomic mass is 32.2. The quantitative estimate of drug-likeness (QED) is 0.430. The Kier molecular flexibility index (Phi) is 6.06. The number of pyridine rings is 1. The molecule has 1 amide bonds. The van der Waals surface area contributed by atoms with Gasteiger partial charge in [-0.3, -0.25) is 4.79 Å². The number of likely N-dealkylation sites (tertiary alicyclic amines) is 1. The number of aryl methyl sites for hydroxylation is 1. The van der Waals surface area contributed by atoms with Crippen LogP contribution in [0.25, 0.3) is 22.1 Å². The number of aromatic amines is 1. The molecule has 4 heterocycles. The van der Waals surface area contributed by atoms with E-state index in [-0.39, 0.29) is 27.5 Å². The largest absolute Gasteiger partial charge is 0.444 e. The standard InChI is InChI=1S/C26H29N5O5S/c1-16-24(32)31(17-10-12-30(13-11-17)25(33)36-26(2,3)4)22-19(29-16)14-27-23-21(22)20(15-28-23)37(34,35)18-8-6-5-7-9-18/h5-9,14-15,17H,10-13H2,1-4H3,(H,27,28). The highest BCUT2D eigenvalue weighted by Gasteiger charge is 2.31. The molecule has 3 aromatic heterocycles. The summed E-state index contributed by atoms with van der Waals surface area (Å²) in [6.45, 7) is 7.91. The second-order valence-electron chi connectivity index (χ2n) is 10.3. The number of hydrogen-bond donors (Lipinski definition) is 1. The first-order valence-corrected chi connectivity index (χ1v) is 13.6. The summed E-state index contributed by atoms with van der Waals surface area (Å²) in [5, 5.41) is 0.334. The van der Waals surface area contributed by atoms with Gasteiger partial charge in [0.2, 0.25) is 9.84 Å². The molecule has 0 bridgehead atoms. The van der Waals surface area contributed by atoms with Gasteiger partial charge in [0.1, 0.15) is 27.4 Å². The zero-order chi connectivity index (χ0) is 26.5. The van der Waals surface area contributed by atoms with Gasteiger partial charge in [-0.1, -0.05) is 18.2 Å². The van der Waals surface area contributed by atoms with Crippen LogP contribution in [-0.4, -0.2) is 57.6 Å². The van der Waals surface area contributed by atoms with Crippen LogP contribution in [0.1, 0.15) is 45.3 Å². The molecule has 5 rings (SSSR count). The molecule has 1 aromatic carbocycles. The van der Waals surface area contributed by atoms with Crippen molar-refractivity contribution in [3.05, 3.63) is 58.8 Å². The van der Waals surface area contributed by atoms with E-state index < -0.39 is 15.4 Å². The van der Waals surface area contributed by atoms with Gasteiger partial charge in [-0.2, -0.15) is 0 Å². The number of piperidine rings is 1. The van der Waals surface area contributed by atoms with E-state index in [0.717, 1.165) is 0 Å². The third-order valence-electron chi connectivity index (χ3n) is 6.50. The molecule has 37 heavy (non-hydrogen) atoms. The summed E-state index contributed by atoms with van der Waals surface area (Å²) in [5.74, 6) is 0. The third kappa shape index (κ3) is 4.48. The molecule has 0 radical (unpaired) electrons. The lowest BCUT2D eigenvalue weighted by Crippen LogP contribution is -2.43. The van der Waals surface area contributed by atoms with Crippen molar-refractivity contribution >= 4 is 38.0 Å². The van der Waals surface area contributed by atoms with E-state index in [4.69, 9.17) is 4.74 Å². The first-order chi connectivity index (χ1) is 17.5. The Morgan fingerprint density at radius 2 is 1.81 bits per heavy atom. The zero-order valence-corrected chi connectivity index (χ0v) is 22.0. The summed E-state index contributed by atoms with van der Waals surface area (Å²) in [4.78, 5) is 39.7. The van der Waals surface area contributed by atoms with Crippen molar-refractivity contribution in [3.8, 4) is 0 Å². The third-order valence-corrected chi connectivity index (χ3v) is 8.29. The second-order valence-corrected chi connectivity index (χ2v) is 12.2. The minimum absolute atomic E-state index is 0.0387. The number of carbonyl (C=O) groups is 1. The second kappa shape index (κ2) is 8.98. The Morgan fingerprint density at radius 1 is 1.14 bits per heavy atom. The lowest BCUT2D eigenvalue weighted by atomic mass is 10.0. The highest BCUT2D eigenvalue weighted by Crippen LogP contribution is 2.34. The molecule has 4 aromatic rings. The van der Waals surface area contributed by atoms with Crippen LogP contribution in [0.5, 0.6) is 0 Å². The number of aromatic nitrogens is 4.